The minimum absolute atomic E-state index is 0.194. The van der Waals surface area contributed by atoms with Crippen molar-refractivity contribution in [2.75, 3.05) is 31.1 Å². The summed E-state index contributed by atoms with van der Waals surface area (Å²) in [6.45, 7) is 3.93. The number of aromatic nitrogens is 1. The molecule has 1 aromatic heterocycles. The first kappa shape index (κ1) is 19.8. The van der Waals surface area contributed by atoms with E-state index in [-0.39, 0.29) is 18.5 Å². The van der Waals surface area contributed by atoms with Crippen molar-refractivity contribution in [3.05, 3.63) is 11.1 Å². The Labute approximate surface area is 153 Å². The molecule has 3 rings (SSSR count). The Bertz CT molecular complexity index is 615. The second-order valence-corrected chi connectivity index (χ2v) is 8.05. The van der Waals surface area contributed by atoms with Crippen LogP contribution in [0.5, 0.6) is 0 Å². The average molecular weight is 395 g/mol. The number of hydrogen-bond donors (Lipinski definition) is 3. The van der Waals surface area contributed by atoms with E-state index in [0.717, 1.165) is 29.6 Å². The lowest BCUT2D eigenvalue weighted by Gasteiger charge is -2.44. The average Bonchev–Trinajstić information content (AvgIpc) is 3.08. The second-order valence-electron chi connectivity index (χ2n) is 7.21. The molecule has 0 bridgehead atoms. The molecule has 6 nitrogen and oxygen atoms in total. The minimum atomic E-state index is -4.43. The predicted octanol–water partition coefficient (Wildman–Crippen LogP) is 1.17. The van der Waals surface area contributed by atoms with Gasteiger partial charge in [-0.15, -0.1) is 11.3 Å². The standard InChI is InChI=1S/C16H24F3N3O3S/c1-9-13(24)14(25)11(23)7-22(9)6-10-3-2-4-21(5-10)15-20-12(8-26-15)16(17,18)19/h8-11,13-14,23-25H,2-7H2,1H3/t9?,10-,11?,13?,14?/m1/s1. The van der Waals surface area contributed by atoms with Crippen LogP contribution in [0, 0.1) is 5.92 Å². The van der Waals surface area contributed by atoms with E-state index >= 15 is 0 Å². The van der Waals surface area contributed by atoms with E-state index < -0.39 is 30.2 Å². The minimum Gasteiger partial charge on any atom is -0.389 e. The number of aliphatic hydroxyl groups excluding tert-OH is 3. The first-order valence-electron chi connectivity index (χ1n) is 8.72. The van der Waals surface area contributed by atoms with Gasteiger partial charge in [0, 0.05) is 37.6 Å². The monoisotopic (exact) mass is 395 g/mol. The van der Waals surface area contributed by atoms with Crippen molar-refractivity contribution < 1.29 is 28.5 Å². The van der Waals surface area contributed by atoms with Gasteiger partial charge in [-0.2, -0.15) is 13.2 Å². The third kappa shape index (κ3) is 4.14. The summed E-state index contributed by atoms with van der Waals surface area (Å²) in [5.41, 5.74) is -0.857. The number of anilines is 1. The van der Waals surface area contributed by atoms with Gasteiger partial charge in [0.1, 0.15) is 6.10 Å². The molecule has 2 aliphatic rings. The van der Waals surface area contributed by atoms with Crippen LogP contribution in [0.4, 0.5) is 18.3 Å². The number of β-amino-alcohol motifs (C(OH)–C–C–N with tert-alkyl or cyclic N) is 1. The number of halogens is 3. The number of alkyl halides is 3. The van der Waals surface area contributed by atoms with E-state index in [1.807, 2.05) is 9.80 Å². The highest BCUT2D eigenvalue weighted by Crippen LogP contribution is 2.34. The van der Waals surface area contributed by atoms with Gasteiger partial charge in [0.15, 0.2) is 10.8 Å². The van der Waals surface area contributed by atoms with Gasteiger partial charge in [-0.25, -0.2) is 4.98 Å². The molecule has 3 heterocycles. The van der Waals surface area contributed by atoms with Gasteiger partial charge in [-0.05, 0) is 25.7 Å². The lowest BCUT2D eigenvalue weighted by Crippen LogP contribution is -2.61. The molecule has 1 aromatic rings. The highest BCUT2D eigenvalue weighted by Gasteiger charge is 2.40. The van der Waals surface area contributed by atoms with Crippen molar-refractivity contribution in [3.8, 4) is 0 Å². The number of hydrogen-bond acceptors (Lipinski definition) is 7. The fourth-order valence-corrected chi connectivity index (χ4v) is 4.61. The quantitative estimate of drug-likeness (QED) is 0.713. The van der Waals surface area contributed by atoms with Gasteiger partial charge in [0.05, 0.1) is 12.2 Å². The van der Waals surface area contributed by atoms with Crippen LogP contribution in [0.2, 0.25) is 0 Å². The second kappa shape index (κ2) is 7.59. The van der Waals surface area contributed by atoms with Crippen molar-refractivity contribution in [2.24, 2.45) is 5.92 Å². The van der Waals surface area contributed by atoms with Gasteiger partial charge in [-0.1, -0.05) is 0 Å². The lowest BCUT2D eigenvalue weighted by molar-refractivity contribution is -0.140. The van der Waals surface area contributed by atoms with E-state index in [4.69, 9.17) is 0 Å². The van der Waals surface area contributed by atoms with Crippen LogP contribution >= 0.6 is 11.3 Å². The van der Waals surface area contributed by atoms with E-state index in [9.17, 15) is 28.5 Å². The summed E-state index contributed by atoms with van der Waals surface area (Å²) in [6, 6.07) is -0.291. The Morgan fingerprint density at radius 2 is 1.96 bits per heavy atom. The van der Waals surface area contributed by atoms with Crippen LogP contribution in [0.25, 0.3) is 0 Å². The Hall–Kier alpha value is -0.940. The zero-order valence-corrected chi connectivity index (χ0v) is 15.2. The molecule has 2 fully saturated rings. The Kier molecular flexibility index (Phi) is 5.78. The molecule has 2 saturated heterocycles. The summed E-state index contributed by atoms with van der Waals surface area (Å²) >= 11 is 1.00. The Morgan fingerprint density at radius 1 is 1.23 bits per heavy atom. The van der Waals surface area contributed by atoms with E-state index in [2.05, 4.69) is 4.98 Å². The molecule has 0 aliphatic carbocycles. The Balaban J connectivity index is 1.63. The summed E-state index contributed by atoms with van der Waals surface area (Å²) in [7, 11) is 0. The summed E-state index contributed by atoms with van der Waals surface area (Å²) in [5.74, 6) is 0.194. The number of nitrogens with zero attached hydrogens (tertiary/aromatic N) is 3. The molecule has 2 aliphatic heterocycles. The molecular formula is C16H24F3N3O3S. The molecular weight excluding hydrogens is 371 g/mol. The van der Waals surface area contributed by atoms with Crippen LogP contribution in [0.3, 0.4) is 0 Å². The maximum Gasteiger partial charge on any atom is 0.434 e. The maximum atomic E-state index is 12.8. The molecule has 0 amide bonds. The first-order valence-corrected chi connectivity index (χ1v) is 9.60. The largest absolute Gasteiger partial charge is 0.434 e. The fourth-order valence-electron chi connectivity index (χ4n) is 3.74. The molecule has 0 saturated carbocycles. The number of thiazole rings is 1. The van der Waals surface area contributed by atoms with Crippen molar-refractivity contribution in [1.29, 1.82) is 0 Å². The van der Waals surface area contributed by atoms with Gasteiger partial charge >= 0.3 is 6.18 Å². The molecule has 3 N–H and O–H groups in total. The molecule has 5 atom stereocenters. The van der Waals surface area contributed by atoms with E-state index in [1.54, 1.807) is 6.92 Å². The molecule has 0 radical (unpaired) electrons. The molecule has 0 aromatic carbocycles. The molecule has 26 heavy (non-hydrogen) atoms. The number of piperidine rings is 2. The van der Waals surface area contributed by atoms with Crippen molar-refractivity contribution in [1.82, 2.24) is 9.88 Å². The third-order valence-electron chi connectivity index (χ3n) is 5.30. The van der Waals surface area contributed by atoms with Crippen LogP contribution in [-0.2, 0) is 6.18 Å². The van der Waals surface area contributed by atoms with Crippen molar-refractivity contribution >= 4 is 16.5 Å². The van der Waals surface area contributed by atoms with Gasteiger partial charge in [-0.3, -0.25) is 4.90 Å². The van der Waals surface area contributed by atoms with Crippen LogP contribution < -0.4 is 4.90 Å². The van der Waals surface area contributed by atoms with Crippen molar-refractivity contribution in [2.45, 2.75) is 50.3 Å². The summed E-state index contributed by atoms with van der Waals surface area (Å²) in [6.07, 6.45) is -5.84. The number of rotatable bonds is 3. The fraction of sp³-hybridized carbons (Fsp3) is 0.812. The Morgan fingerprint density at radius 3 is 2.62 bits per heavy atom. The van der Waals surface area contributed by atoms with E-state index in [0.29, 0.717) is 24.8 Å². The molecule has 10 heteroatoms. The van der Waals surface area contributed by atoms with Gasteiger partial charge < -0.3 is 20.2 Å². The summed E-state index contributed by atoms with van der Waals surface area (Å²) < 4.78 is 38.3. The van der Waals surface area contributed by atoms with Crippen LogP contribution in [-0.4, -0.2) is 75.7 Å². The highest BCUT2D eigenvalue weighted by molar-refractivity contribution is 7.13. The van der Waals surface area contributed by atoms with Gasteiger partial charge in [0.25, 0.3) is 0 Å². The highest BCUT2D eigenvalue weighted by atomic mass is 32.1. The van der Waals surface area contributed by atoms with Crippen LogP contribution in [0.1, 0.15) is 25.5 Å². The smallest absolute Gasteiger partial charge is 0.389 e. The third-order valence-corrected chi connectivity index (χ3v) is 6.20. The molecule has 148 valence electrons. The topological polar surface area (TPSA) is 80.1 Å². The molecule has 0 spiro atoms. The van der Waals surface area contributed by atoms with E-state index in [1.165, 1.54) is 0 Å². The zero-order valence-electron chi connectivity index (χ0n) is 14.4. The van der Waals surface area contributed by atoms with Gasteiger partial charge in [0.2, 0.25) is 0 Å². The summed E-state index contributed by atoms with van der Waals surface area (Å²) in [4.78, 5) is 7.55. The molecule has 4 unspecified atom stereocenters. The number of likely N-dealkylation sites (tertiary alicyclic amines) is 1. The maximum absolute atomic E-state index is 12.8. The summed E-state index contributed by atoms with van der Waals surface area (Å²) in [5, 5.41) is 31.1. The lowest BCUT2D eigenvalue weighted by atomic mass is 9.91. The normalized spacial score (nSPS) is 34.3. The zero-order chi connectivity index (χ0) is 19.1. The number of aliphatic hydroxyl groups is 3. The SMILES string of the molecule is CC1C(O)C(O)C(O)CN1C[C@@H]1CCCN(c2nc(C(F)(F)F)cs2)C1. The first-order chi connectivity index (χ1) is 12.2. The predicted molar refractivity (Wildman–Crippen MR) is 91.1 cm³/mol. The van der Waals surface area contributed by atoms with Crippen molar-refractivity contribution in [3.63, 3.8) is 0 Å². The van der Waals surface area contributed by atoms with Crippen LogP contribution in [0.15, 0.2) is 5.38 Å².